The molecule has 0 bridgehead atoms. The zero-order valence-electron chi connectivity index (χ0n) is 20.6. The number of hydrogen-bond donors (Lipinski definition) is 1. The summed E-state index contributed by atoms with van der Waals surface area (Å²) in [4.78, 5) is 28.1. The molecule has 0 saturated carbocycles. The standard InChI is InChI=1S/C28H33NO5/c1-16(2)21-14-22(18(4)13-23(21)33-5)26(30)24-25(19-9-6-8-17(3)12-19)29(28(32)27(24)31)15-20-10-7-11-34-20/h6,8-9,12-14,16,20,25,30H,7,10-11,15H2,1-5H3/b26-24+. The first-order valence-electron chi connectivity index (χ1n) is 11.9. The summed E-state index contributed by atoms with van der Waals surface area (Å²) in [7, 11) is 1.62. The molecule has 4 rings (SSSR count). The van der Waals surface area contributed by atoms with Crippen molar-refractivity contribution in [1.82, 2.24) is 4.90 Å². The molecule has 1 N–H and O–H groups in total. The van der Waals surface area contributed by atoms with Crippen molar-refractivity contribution in [2.75, 3.05) is 20.3 Å². The third-order valence-corrected chi connectivity index (χ3v) is 6.78. The van der Waals surface area contributed by atoms with E-state index in [9.17, 15) is 14.7 Å². The van der Waals surface area contributed by atoms with Crippen LogP contribution in [0.15, 0.2) is 42.0 Å². The average molecular weight is 464 g/mol. The molecule has 0 radical (unpaired) electrons. The van der Waals surface area contributed by atoms with Gasteiger partial charge >= 0.3 is 0 Å². The molecule has 180 valence electrons. The van der Waals surface area contributed by atoms with Gasteiger partial charge in [0, 0.05) is 18.7 Å². The molecule has 2 aromatic carbocycles. The van der Waals surface area contributed by atoms with Gasteiger partial charge in [-0.15, -0.1) is 0 Å². The largest absolute Gasteiger partial charge is 0.507 e. The first-order valence-corrected chi connectivity index (χ1v) is 11.9. The van der Waals surface area contributed by atoms with E-state index in [4.69, 9.17) is 9.47 Å². The topological polar surface area (TPSA) is 76.1 Å². The van der Waals surface area contributed by atoms with Gasteiger partial charge in [-0.25, -0.2) is 0 Å². The number of benzene rings is 2. The molecular formula is C28H33NO5. The van der Waals surface area contributed by atoms with Crippen molar-refractivity contribution < 1.29 is 24.2 Å². The number of Topliss-reactive ketones (excluding diaryl/α,β-unsaturated/α-hetero) is 1. The Morgan fingerprint density at radius 2 is 1.97 bits per heavy atom. The number of carbonyl (C=O) groups excluding carboxylic acids is 2. The first-order chi connectivity index (χ1) is 16.2. The Labute approximate surface area is 201 Å². The van der Waals surface area contributed by atoms with Crippen LogP contribution in [0.25, 0.3) is 5.76 Å². The van der Waals surface area contributed by atoms with Gasteiger partial charge in [0.05, 0.1) is 24.8 Å². The maximum atomic E-state index is 13.4. The molecule has 2 atom stereocenters. The van der Waals surface area contributed by atoms with Crippen LogP contribution in [-0.2, 0) is 14.3 Å². The fraction of sp³-hybridized carbons (Fsp3) is 0.429. The highest BCUT2D eigenvalue weighted by molar-refractivity contribution is 6.46. The van der Waals surface area contributed by atoms with Crippen molar-refractivity contribution in [3.63, 3.8) is 0 Å². The quantitative estimate of drug-likeness (QED) is 0.369. The second-order valence-electron chi connectivity index (χ2n) is 9.56. The summed E-state index contributed by atoms with van der Waals surface area (Å²) in [6, 6.07) is 10.8. The van der Waals surface area contributed by atoms with Crippen LogP contribution in [0.1, 0.15) is 66.5 Å². The number of carbonyl (C=O) groups is 2. The van der Waals surface area contributed by atoms with Crippen molar-refractivity contribution in [3.05, 3.63) is 69.8 Å². The molecule has 2 aliphatic rings. The molecule has 1 amide bonds. The van der Waals surface area contributed by atoms with Crippen LogP contribution in [0.2, 0.25) is 0 Å². The van der Waals surface area contributed by atoms with Gasteiger partial charge in [-0.1, -0.05) is 43.7 Å². The van der Waals surface area contributed by atoms with E-state index >= 15 is 0 Å². The zero-order valence-corrected chi connectivity index (χ0v) is 20.6. The van der Waals surface area contributed by atoms with Crippen LogP contribution in [-0.4, -0.2) is 48.1 Å². The van der Waals surface area contributed by atoms with E-state index in [-0.39, 0.29) is 23.4 Å². The highest BCUT2D eigenvalue weighted by Crippen LogP contribution is 2.42. The summed E-state index contributed by atoms with van der Waals surface area (Å²) in [6.45, 7) is 8.91. The molecule has 2 heterocycles. The van der Waals surface area contributed by atoms with E-state index in [1.165, 1.54) is 0 Å². The van der Waals surface area contributed by atoms with E-state index in [1.54, 1.807) is 12.0 Å². The van der Waals surface area contributed by atoms with Gasteiger partial charge in [0.1, 0.15) is 11.5 Å². The van der Waals surface area contributed by atoms with Gasteiger partial charge in [-0.3, -0.25) is 9.59 Å². The van der Waals surface area contributed by atoms with Crippen molar-refractivity contribution in [2.45, 2.75) is 58.6 Å². The maximum absolute atomic E-state index is 13.4. The molecule has 0 spiro atoms. The van der Waals surface area contributed by atoms with Gasteiger partial charge in [-0.05, 0) is 61.4 Å². The molecule has 6 heteroatoms. The third-order valence-electron chi connectivity index (χ3n) is 6.78. The molecular weight excluding hydrogens is 430 g/mol. The first kappa shape index (κ1) is 24.0. The summed E-state index contributed by atoms with van der Waals surface area (Å²) < 4.78 is 11.3. The number of ketones is 1. The number of nitrogens with zero attached hydrogens (tertiary/aromatic N) is 1. The average Bonchev–Trinajstić information content (AvgIpc) is 3.40. The molecule has 2 aromatic rings. The summed E-state index contributed by atoms with van der Waals surface area (Å²) in [6.07, 6.45) is 1.67. The summed E-state index contributed by atoms with van der Waals surface area (Å²) in [5.74, 6) is -0.529. The Hall–Kier alpha value is -3.12. The van der Waals surface area contributed by atoms with Gasteiger partial charge in [-0.2, -0.15) is 0 Å². The highest BCUT2D eigenvalue weighted by atomic mass is 16.5. The van der Waals surface area contributed by atoms with E-state index in [0.29, 0.717) is 18.7 Å². The van der Waals surface area contributed by atoms with Crippen LogP contribution >= 0.6 is 0 Å². The van der Waals surface area contributed by atoms with Crippen molar-refractivity contribution >= 4 is 17.4 Å². The third kappa shape index (κ3) is 4.34. The van der Waals surface area contributed by atoms with E-state index in [2.05, 4.69) is 0 Å². The second kappa shape index (κ2) is 9.63. The molecule has 6 nitrogen and oxygen atoms in total. The number of methoxy groups -OCH3 is 1. The number of ether oxygens (including phenoxy) is 2. The fourth-order valence-corrected chi connectivity index (χ4v) is 4.99. The zero-order chi connectivity index (χ0) is 24.6. The van der Waals surface area contributed by atoms with Crippen molar-refractivity contribution in [2.24, 2.45) is 0 Å². The lowest BCUT2D eigenvalue weighted by atomic mass is 9.90. The Bertz CT molecular complexity index is 1140. The number of amides is 1. The lowest BCUT2D eigenvalue weighted by Gasteiger charge is -2.28. The molecule has 2 fully saturated rings. The minimum absolute atomic E-state index is 0.110. The van der Waals surface area contributed by atoms with Gasteiger partial charge in [0.2, 0.25) is 0 Å². The molecule has 2 unspecified atom stereocenters. The van der Waals surface area contributed by atoms with Crippen LogP contribution in [0.3, 0.4) is 0 Å². The number of likely N-dealkylation sites (tertiary alicyclic amines) is 1. The summed E-state index contributed by atoms with van der Waals surface area (Å²) in [5.41, 5.74) is 4.17. The monoisotopic (exact) mass is 463 g/mol. The fourth-order valence-electron chi connectivity index (χ4n) is 4.99. The summed E-state index contributed by atoms with van der Waals surface area (Å²) >= 11 is 0. The lowest BCUT2D eigenvalue weighted by Crippen LogP contribution is -2.36. The van der Waals surface area contributed by atoms with Crippen LogP contribution in [0.4, 0.5) is 0 Å². The second-order valence-corrected chi connectivity index (χ2v) is 9.56. The van der Waals surface area contributed by atoms with Gasteiger partial charge < -0.3 is 19.5 Å². The number of aliphatic hydroxyl groups is 1. The Kier molecular flexibility index (Phi) is 6.80. The minimum Gasteiger partial charge on any atom is -0.507 e. The SMILES string of the molecule is COc1cc(C)c(/C(O)=C2\C(=O)C(=O)N(CC3CCCO3)C2c2cccc(C)c2)cc1C(C)C. The van der Waals surface area contributed by atoms with Crippen LogP contribution in [0.5, 0.6) is 5.75 Å². The normalized spacial score (nSPS) is 22.1. The minimum atomic E-state index is -0.673. The molecule has 0 aliphatic carbocycles. The van der Waals surface area contributed by atoms with Crippen molar-refractivity contribution in [3.8, 4) is 5.75 Å². The van der Waals surface area contributed by atoms with Crippen LogP contribution < -0.4 is 4.74 Å². The van der Waals surface area contributed by atoms with Crippen LogP contribution in [0, 0.1) is 13.8 Å². The van der Waals surface area contributed by atoms with Gasteiger partial charge in [0.25, 0.3) is 11.7 Å². The lowest BCUT2D eigenvalue weighted by molar-refractivity contribution is -0.140. The van der Waals surface area contributed by atoms with Crippen molar-refractivity contribution in [1.29, 1.82) is 0 Å². The Balaban J connectivity index is 1.89. The smallest absolute Gasteiger partial charge is 0.295 e. The molecule has 2 saturated heterocycles. The van der Waals surface area contributed by atoms with E-state index < -0.39 is 17.7 Å². The molecule has 2 aliphatic heterocycles. The molecule has 34 heavy (non-hydrogen) atoms. The molecule has 0 aromatic heterocycles. The summed E-state index contributed by atoms with van der Waals surface area (Å²) in [5, 5.41) is 11.5. The Morgan fingerprint density at radius 3 is 2.59 bits per heavy atom. The predicted octanol–water partition coefficient (Wildman–Crippen LogP) is 5.04. The van der Waals surface area contributed by atoms with E-state index in [0.717, 1.165) is 40.8 Å². The number of aliphatic hydroxyl groups excluding tert-OH is 1. The van der Waals surface area contributed by atoms with Gasteiger partial charge in [0.15, 0.2) is 0 Å². The number of aryl methyl sites for hydroxylation is 2. The number of rotatable bonds is 6. The maximum Gasteiger partial charge on any atom is 0.295 e. The predicted molar refractivity (Wildman–Crippen MR) is 131 cm³/mol. The van der Waals surface area contributed by atoms with E-state index in [1.807, 2.05) is 64.1 Å². The number of hydrogen-bond acceptors (Lipinski definition) is 5. The highest BCUT2D eigenvalue weighted by Gasteiger charge is 2.47. The Morgan fingerprint density at radius 1 is 1.21 bits per heavy atom.